The van der Waals surface area contributed by atoms with Gasteiger partial charge in [-0.25, -0.2) is 9.59 Å². The number of esters is 2. The minimum atomic E-state index is -0.668. The van der Waals surface area contributed by atoms with Crippen LogP contribution < -0.4 is 0 Å². The summed E-state index contributed by atoms with van der Waals surface area (Å²) in [6.07, 6.45) is 1.43. The number of carbonyl (C=O) groups excluding carboxylic acids is 2. The van der Waals surface area contributed by atoms with E-state index < -0.39 is 23.1 Å². The maximum atomic E-state index is 12.6. The van der Waals surface area contributed by atoms with Crippen molar-refractivity contribution in [3.63, 3.8) is 0 Å². The SMILES string of the molecule is CC(C)(C)OC(=O)c1c[nH]c(C(=O)OC(C)(C)C)c1C#Cc1ccccc1. The predicted octanol–water partition coefficient (Wildman–Crippen LogP) is 4.33. The molecule has 0 radical (unpaired) electrons. The third-order valence-electron chi connectivity index (χ3n) is 3.21. The van der Waals surface area contributed by atoms with E-state index in [0.717, 1.165) is 5.56 Å². The van der Waals surface area contributed by atoms with Gasteiger partial charge in [-0.1, -0.05) is 30.0 Å². The first-order chi connectivity index (χ1) is 12.5. The molecule has 0 aliphatic heterocycles. The first-order valence-corrected chi connectivity index (χ1v) is 8.71. The lowest BCUT2D eigenvalue weighted by Gasteiger charge is -2.20. The molecular formula is C22H25NO4. The van der Waals surface area contributed by atoms with Crippen molar-refractivity contribution in [2.24, 2.45) is 0 Å². The first kappa shape index (κ1) is 20.3. The van der Waals surface area contributed by atoms with E-state index >= 15 is 0 Å². The van der Waals surface area contributed by atoms with E-state index in [1.165, 1.54) is 6.20 Å². The fraction of sp³-hybridized carbons (Fsp3) is 0.364. The van der Waals surface area contributed by atoms with Crippen LogP contribution in [0.3, 0.4) is 0 Å². The number of aromatic nitrogens is 1. The lowest BCUT2D eigenvalue weighted by Crippen LogP contribution is -2.25. The van der Waals surface area contributed by atoms with Gasteiger partial charge in [-0.05, 0) is 53.7 Å². The second kappa shape index (κ2) is 7.71. The summed E-state index contributed by atoms with van der Waals surface area (Å²) in [7, 11) is 0. The number of hydrogen-bond donors (Lipinski definition) is 1. The molecule has 0 amide bonds. The molecule has 0 atom stereocenters. The number of benzene rings is 1. The van der Waals surface area contributed by atoms with Crippen molar-refractivity contribution in [3.05, 3.63) is 58.9 Å². The molecule has 0 spiro atoms. The van der Waals surface area contributed by atoms with Crippen molar-refractivity contribution in [1.29, 1.82) is 0 Å². The van der Waals surface area contributed by atoms with E-state index in [1.807, 2.05) is 30.3 Å². The molecule has 0 aliphatic rings. The van der Waals surface area contributed by atoms with Gasteiger partial charge in [-0.2, -0.15) is 0 Å². The summed E-state index contributed by atoms with van der Waals surface area (Å²) in [5, 5.41) is 0. The molecular weight excluding hydrogens is 342 g/mol. The topological polar surface area (TPSA) is 68.4 Å². The zero-order valence-corrected chi connectivity index (χ0v) is 16.6. The van der Waals surface area contributed by atoms with Crippen LogP contribution in [-0.4, -0.2) is 28.1 Å². The Morgan fingerprint density at radius 1 is 0.852 bits per heavy atom. The molecule has 142 valence electrons. The fourth-order valence-electron chi connectivity index (χ4n) is 2.19. The number of H-pyrrole nitrogens is 1. The van der Waals surface area contributed by atoms with Gasteiger partial charge in [0.1, 0.15) is 16.9 Å². The number of nitrogens with one attached hydrogen (secondary N) is 1. The van der Waals surface area contributed by atoms with Gasteiger partial charge in [-0.3, -0.25) is 0 Å². The van der Waals surface area contributed by atoms with Crippen LogP contribution in [0.2, 0.25) is 0 Å². The summed E-state index contributed by atoms with van der Waals surface area (Å²) < 4.78 is 10.9. The van der Waals surface area contributed by atoms with Crippen molar-refractivity contribution in [2.75, 3.05) is 0 Å². The normalized spacial score (nSPS) is 11.3. The molecule has 0 saturated carbocycles. The van der Waals surface area contributed by atoms with Crippen LogP contribution in [0.4, 0.5) is 0 Å². The van der Waals surface area contributed by atoms with E-state index in [2.05, 4.69) is 16.8 Å². The van der Waals surface area contributed by atoms with Gasteiger partial charge in [-0.15, -0.1) is 0 Å². The van der Waals surface area contributed by atoms with Crippen LogP contribution in [-0.2, 0) is 9.47 Å². The van der Waals surface area contributed by atoms with Gasteiger partial charge in [0, 0.05) is 11.8 Å². The Bertz CT molecular complexity index is 839. The molecule has 0 unspecified atom stereocenters. The Balaban J connectivity index is 2.48. The van der Waals surface area contributed by atoms with E-state index in [4.69, 9.17) is 9.47 Å². The zero-order chi connectivity index (χ0) is 20.2. The molecule has 5 heteroatoms. The zero-order valence-electron chi connectivity index (χ0n) is 16.6. The summed E-state index contributed by atoms with van der Waals surface area (Å²) in [5.41, 5.74) is 0.0398. The van der Waals surface area contributed by atoms with Gasteiger partial charge >= 0.3 is 11.9 Å². The van der Waals surface area contributed by atoms with Crippen molar-refractivity contribution in [1.82, 2.24) is 4.98 Å². The van der Waals surface area contributed by atoms with Crippen LogP contribution in [0.1, 0.15) is 73.5 Å². The third-order valence-corrected chi connectivity index (χ3v) is 3.21. The molecule has 0 fully saturated rings. The Kier molecular flexibility index (Phi) is 5.80. The Hall–Kier alpha value is -3.00. The highest BCUT2D eigenvalue weighted by Crippen LogP contribution is 2.21. The molecule has 27 heavy (non-hydrogen) atoms. The van der Waals surface area contributed by atoms with Crippen LogP contribution in [0.15, 0.2) is 36.5 Å². The van der Waals surface area contributed by atoms with Crippen molar-refractivity contribution >= 4 is 11.9 Å². The van der Waals surface area contributed by atoms with Crippen molar-refractivity contribution in [3.8, 4) is 11.8 Å². The maximum absolute atomic E-state index is 12.6. The quantitative estimate of drug-likeness (QED) is 0.634. The largest absolute Gasteiger partial charge is 0.456 e. The fourth-order valence-corrected chi connectivity index (χ4v) is 2.19. The highest BCUT2D eigenvalue weighted by molar-refractivity contribution is 5.99. The summed E-state index contributed by atoms with van der Waals surface area (Å²) in [4.78, 5) is 27.9. The molecule has 2 rings (SSSR count). The minimum absolute atomic E-state index is 0.134. The number of carbonyl (C=O) groups is 2. The first-order valence-electron chi connectivity index (χ1n) is 8.71. The maximum Gasteiger partial charge on any atom is 0.356 e. The van der Waals surface area contributed by atoms with Gasteiger partial charge in [0.05, 0.1) is 11.1 Å². The molecule has 1 aromatic carbocycles. The lowest BCUT2D eigenvalue weighted by molar-refractivity contribution is 0.00596. The molecule has 0 bridgehead atoms. The van der Waals surface area contributed by atoms with Gasteiger partial charge in [0.25, 0.3) is 0 Å². The number of ether oxygens (including phenoxy) is 2. The number of aromatic amines is 1. The molecule has 2 aromatic rings. The van der Waals surface area contributed by atoms with Gasteiger partial charge in [0.15, 0.2) is 0 Å². The standard InChI is InChI=1S/C22H25NO4/c1-21(2,3)26-19(24)17-14-23-18(20(25)27-22(4,5)6)16(17)13-12-15-10-8-7-9-11-15/h7-11,14,23H,1-6H3. The smallest absolute Gasteiger partial charge is 0.356 e. The molecule has 1 aromatic heterocycles. The minimum Gasteiger partial charge on any atom is -0.456 e. The van der Waals surface area contributed by atoms with Gasteiger partial charge < -0.3 is 14.5 Å². The molecule has 1 N–H and O–H groups in total. The Labute approximate surface area is 160 Å². The lowest BCUT2D eigenvalue weighted by atomic mass is 10.1. The number of rotatable bonds is 2. The monoisotopic (exact) mass is 367 g/mol. The third kappa shape index (κ3) is 6.03. The highest BCUT2D eigenvalue weighted by atomic mass is 16.6. The van der Waals surface area contributed by atoms with Gasteiger partial charge in [0.2, 0.25) is 0 Å². The summed E-state index contributed by atoms with van der Waals surface area (Å²) in [5.74, 6) is 4.78. The van der Waals surface area contributed by atoms with Crippen LogP contribution in [0, 0.1) is 11.8 Å². The van der Waals surface area contributed by atoms with Crippen LogP contribution in [0.25, 0.3) is 0 Å². The van der Waals surface area contributed by atoms with Crippen molar-refractivity contribution < 1.29 is 19.1 Å². The van der Waals surface area contributed by atoms with E-state index in [0.29, 0.717) is 0 Å². The Morgan fingerprint density at radius 2 is 1.41 bits per heavy atom. The highest BCUT2D eigenvalue weighted by Gasteiger charge is 2.27. The molecule has 5 nitrogen and oxygen atoms in total. The predicted molar refractivity (Wildman–Crippen MR) is 104 cm³/mol. The molecule has 1 heterocycles. The summed E-state index contributed by atoms with van der Waals surface area (Å²) >= 11 is 0. The van der Waals surface area contributed by atoms with Crippen LogP contribution in [0.5, 0.6) is 0 Å². The summed E-state index contributed by atoms with van der Waals surface area (Å²) in [6, 6.07) is 9.31. The van der Waals surface area contributed by atoms with Crippen molar-refractivity contribution in [2.45, 2.75) is 52.7 Å². The second-order valence-electron chi connectivity index (χ2n) is 8.07. The Morgan fingerprint density at radius 3 is 1.96 bits per heavy atom. The van der Waals surface area contributed by atoms with E-state index in [-0.39, 0.29) is 16.8 Å². The number of hydrogen-bond acceptors (Lipinski definition) is 4. The second-order valence-corrected chi connectivity index (χ2v) is 8.07. The van der Waals surface area contributed by atoms with E-state index in [1.54, 1.807) is 41.5 Å². The van der Waals surface area contributed by atoms with Crippen LogP contribution >= 0.6 is 0 Å². The average molecular weight is 367 g/mol. The molecule has 0 saturated heterocycles. The molecule has 0 aliphatic carbocycles. The van der Waals surface area contributed by atoms with E-state index in [9.17, 15) is 9.59 Å². The average Bonchev–Trinajstić information content (AvgIpc) is 2.95. The summed E-state index contributed by atoms with van der Waals surface area (Å²) in [6.45, 7) is 10.7.